The Kier molecular flexibility index (Phi) is 7.34. The lowest BCUT2D eigenvalue weighted by Crippen LogP contribution is -2.36. The van der Waals surface area contributed by atoms with Crippen molar-refractivity contribution in [3.63, 3.8) is 0 Å². The zero-order valence-electron chi connectivity index (χ0n) is 20.1. The number of methoxy groups -OCH3 is 2. The zero-order valence-corrected chi connectivity index (χ0v) is 20.1. The molecule has 1 fully saturated rings. The Hall–Kier alpha value is -3.87. The van der Waals surface area contributed by atoms with Crippen LogP contribution in [0, 0.1) is 11.7 Å². The molecule has 7 heteroatoms. The fraction of sp³-hybridized carbons (Fsp3) is 0.286. The highest BCUT2D eigenvalue weighted by atomic mass is 19.1. The van der Waals surface area contributed by atoms with E-state index < -0.39 is 17.6 Å². The fourth-order valence-corrected chi connectivity index (χ4v) is 4.69. The largest absolute Gasteiger partial charge is 0.497 e. The lowest BCUT2D eigenvalue weighted by molar-refractivity contribution is -0.134. The minimum atomic E-state index is -0.580. The molecule has 0 spiro atoms. The van der Waals surface area contributed by atoms with E-state index in [0.29, 0.717) is 18.0 Å². The van der Waals surface area contributed by atoms with Gasteiger partial charge in [-0.25, -0.2) is 4.39 Å². The molecule has 0 aliphatic carbocycles. The highest BCUT2D eigenvalue weighted by molar-refractivity contribution is 5.95. The van der Waals surface area contributed by atoms with E-state index in [9.17, 15) is 14.0 Å². The van der Waals surface area contributed by atoms with Crippen molar-refractivity contribution in [2.45, 2.75) is 12.5 Å². The Morgan fingerprint density at radius 1 is 0.971 bits per heavy atom. The summed E-state index contributed by atoms with van der Waals surface area (Å²) in [5, 5.41) is 0. The fourth-order valence-electron chi connectivity index (χ4n) is 4.69. The van der Waals surface area contributed by atoms with Crippen molar-refractivity contribution in [1.29, 1.82) is 0 Å². The maximum Gasteiger partial charge on any atom is 0.256 e. The number of halogens is 1. The number of hydrogen-bond acceptors (Lipinski definition) is 4. The van der Waals surface area contributed by atoms with Crippen molar-refractivity contribution in [2.24, 2.45) is 5.92 Å². The first-order valence-corrected chi connectivity index (χ1v) is 11.5. The third-order valence-corrected chi connectivity index (χ3v) is 6.50. The normalized spacial score (nSPS) is 17.2. The molecule has 0 aromatic heterocycles. The molecular weight excluding hydrogens is 447 g/mol. The van der Waals surface area contributed by atoms with Crippen LogP contribution in [0.15, 0.2) is 72.8 Å². The van der Waals surface area contributed by atoms with Gasteiger partial charge >= 0.3 is 0 Å². The Morgan fingerprint density at radius 3 is 2.37 bits per heavy atom. The van der Waals surface area contributed by atoms with E-state index in [1.54, 1.807) is 55.3 Å². The summed E-state index contributed by atoms with van der Waals surface area (Å²) in [6, 6.07) is 21.1. The third-order valence-electron chi connectivity index (χ3n) is 6.50. The van der Waals surface area contributed by atoms with E-state index in [1.807, 2.05) is 36.4 Å². The minimum absolute atomic E-state index is 0.00500. The molecule has 6 nitrogen and oxygen atoms in total. The van der Waals surface area contributed by atoms with Gasteiger partial charge in [-0.2, -0.15) is 0 Å². The predicted octanol–water partition coefficient (Wildman–Crippen LogP) is 4.36. The number of likely N-dealkylation sites (tertiary alicyclic amines) is 1. The van der Waals surface area contributed by atoms with E-state index in [4.69, 9.17) is 9.47 Å². The number of amides is 2. The average Bonchev–Trinajstić information content (AvgIpc) is 3.33. The molecule has 0 N–H and O–H groups in total. The van der Waals surface area contributed by atoms with Crippen LogP contribution in [-0.4, -0.2) is 56.0 Å². The van der Waals surface area contributed by atoms with E-state index in [0.717, 1.165) is 11.1 Å². The summed E-state index contributed by atoms with van der Waals surface area (Å²) in [4.78, 5) is 30.2. The summed E-state index contributed by atoms with van der Waals surface area (Å²) in [5.41, 5.74) is 1.79. The molecule has 1 aliphatic heterocycles. The Balaban J connectivity index is 1.68. The quantitative estimate of drug-likeness (QED) is 0.509. The molecule has 0 radical (unpaired) electrons. The molecule has 182 valence electrons. The van der Waals surface area contributed by atoms with Crippen molar-refractivity contribution in [3.8, 4) is 11.5 Å². The highest BCUT2D eigenvalue weighted by Gasteiger charge is 2.43. The van der Waals surface area contributed by atoms with E-state index in [-0.39, 0.29) is 30.5 Å². The number of carbonyl (C=O) groups excluding carboxylic acids is 2. The lowest BCUT2D eigenvalue weighted by atomic mass is 9.87. The molecule has 1 saturated heterocycles. The monoisotopic (exact) mass is 476 g/mol. The second-order valence-electron chi connectivity index (χ2n) is 8.69. The van der Waals surface area contributed by atoms with Crippen molar-refractivity contribution < 1.29 is 23.5 Å². The van der Waals surface area contributed by atoms with Crippen LogP contribution in [0.5, 0.6) is 11.5 Å². The number of carbonyl (C=O) groups is 2. The summed E-state index contributed by atoms with van der Waals surface area (Å²) in [6.07, 6.45) is 0. The van der Waals surface area contributed by atoms with Gasteiger partial charge in [-0.15, -0.1) is 0 Å². The first-order chi connectivity index (χ1) is 16.9. The molecule has 0 saturated carbocycles. The van der Waals surface area contributed by atoms with Gasteiger partial charge in [-0.05, 0) is 35.9 Å². The maximum atomic E-state index is 14.4. The van der Waals surface area contributed by atoms with Crippen LogP contribution in [0.3, 0.4) is 0 Å². The van der Waals surface area contributed by atoms with E-state index >= 15 is 0 Å². The van der Waals surface area contributed by atoms with Crippen LogP contribution in [0.1, 0.15) is 27.4 Å². The van der Waals surface area contributed by atoms with Crippen molar-refractivity contribution in [3.05, 3.63) is 95.3 Å². The highest BCUT2D eigenvalue weighted by Crippen LogP contribution is 2.40. The molecule has 2 amide bonds. The first kappa shape index (κ1) is 24.3. The molecule has 1 heterocycles. The molecule has 4 rings (SSSR count). The summed E-state index contributed by atoms with van der Waals surface area (Å²) in [6.45, 7) is 0.877. The number of benzene rings is 3. The van der Waals surface area contributed by atoms with Gasteiger partial charge in [-0.1, -0.05) is 42.5 Å². The van der Waals surface area contributed by atoms with Crippen molar-refractivity contribution in [2.75, 3.05) is 34.4 Å². The number of hydrogen-bond donors (Lipinski definition) is 0. The molecule has 35 heavy (non-hydrogen) atoms. The standard InChI is InChI=1S/C28H29FN2O4/c1-30(16-19-9-5-4-6-10-19)27(32)24-18-31(28(33)21-11-7-8-12-25(21)29)17-23(24)22-15-20(34-2)13-14-26(22)35-3/h4-15,23-24H,16-18H2,1-3H3/t23-,24+/m0/s1. The molecule has 2 atom stereocenters. The van der Waals surface area contributed by atoms with E-state index in [2.05, 4.69) is 0 Å². The second kappa shape index (κ2) is 10.6. The third kappa shape index (κ3) is 5.14. The molecule has 3 aromatic rings. The number of nitrogens with zero attached hydrogens (tertiary/aromatic N) is 2. The average molecular weight is 477 g/mol. The Morgan fingerprint density at radius 2 is 1.69 bits per heavy atom. The van der Waals surface area contributed by atoms with Crippen molar-refractivity contribution in [1.82, 2.24) is 9.80 Å². The van der Waals surface area contributed by atoms with Crippen LogP contribution in [0.2, 0.25) is 0 Å². The summed E-state index contributed by atoms with van der Waals surface area (Å²) >= 11 is 0. The summed E-state index contributed by atoms with van der Waals surface area (Å²) in [5.74, 6) is -0.738. The smallest absolute Gasteiger partial charge is 0.256 e. The van der Waals surface area contributed by atoms with Gasteiger partial charge in [0.1, 0.15) is 17.3 Å². The molecule has 3 aromatic carbocycles. The van der Waals surface area contributed by atoms with Crippen LogP contribution >= 0.6 is 0 Å². The predicted molar refractivity (Wildman–Crippen MR) is 131 cm³/mol. The summed E-state index contributed by atoms with van der Waals surface area (Å²) in [7, 11) is 4.90. The Bertz CT molecular complexity index is 1200. The minimum Gasteiger partial charge on any atom is -0.497 e. The summed E-state index contributed by atoms with van der Waals surface area (Å²) < 4.78 is 25.4. The van der Waals surface area contributed by atoms with Crippen LogP contribution in [0.4, 0.5) is 4.39 Å². The lowest BCUT2D eigenvalue weighted by Gasteiger charge is -2.25. The van der Waals surface area contributed by atoms with Gasteiger partial charge in [-0.3, -0.25) is 9.59 Å². The maximum absolute atomic E-state index is 14.4. The van der Waals surface area contributed by atoms with Gasteiger partial charge in [0.05, 0.1) is 25.7 Å². The van der Waals surface area contributed by atoms with Gasteiger partial charge in [0.15, 0.2) is 0 Å². The molecule has 0 unspecified atom stereocenters. The molecule has 1 aliphatic rings. The first-order valence-electron chi connectivity index (χ1n) is 11.5. The SMILES string of the molecule is COc1ccc(OC)c([C@@H]2CN(C(=O)c3ccccc3F)C[C@H]2C(=O)N(C)Cc2ccccc2)c1. The Labute approximate surface area is 204 Å². The number of rotatable bonds is 7. The number of ether oxygens (including phenoxy) is 2. The second-order valence-corrected chi connectivity index (χ2v) is 8.69. The topological polar surface area (TPSA) is 59.1 Å². The zero-order chi connectivity index (χ0) is 24.9. The van der Waals surface area contributed by atoms with E-state index in [1.165, 1.54) is 12.1 Å². The van der Waals surface area contributed by atoms with Crippen molar-refractivity contribution >= 4 is 11.8 Å². The molecular formula is C28H29FN2O4. The van der Waals surface area contributed by atoms with Gasteiger partial charge in [0.25, 0.3) is 5.91 Å². The van der Waals surface area contributed by atoms with Crippen LogP contribution in [-0.2, 0) is 11.3 Å². The van der Waals surface area contributed by atoms with Gasteiger partial charge < -0.3 is 19.3 Å². The van der Waals surface area contributed by atoms with Gasteiger partial charge in [0, 0.05) is 38.2 Å². The van der Waals surface area contributed by atoms with Gasteiger partial charge in [0.2, 0.25) is 5.91 Å². The molecule has 0 bridgehead atoms. The van der Waals surface area contributed by atoms with Crippen LogP contribution < -0.4 is 9.47 Å². The van der Waals surface area contributed by atoms with Crippen LogP contribution in [0.25, 0.3) is 0 Å².